The fourth-order valence-electron chi connectivity index (χ4n) is 5.91. The predicted octanol–water partition coefficient (Wildman–Crippen LogP) is 10.4. The van der Waals surface area contributed by atoms with Crippen LogP contribution in [-0.2, 0) is 22.0 Å². The minimum Gasteiger partial charge on any atom is -0.432 e. The molecule has 16 heteroatoms. The van der Waals surface area contributed by atoms with Crippen LogP contribution in [0.15, 0.2) is 30.3 Å². The standard InChI is InChI=1S/C31H32F12O4/c1-2-3-17-4-13-23(24(32)14-17)30(39,40)45-21-11-7-18(8-12-21)28(35,36)44-20-9-5-19(6-10-20)29(37,38)46-22-15-25(33)27(26(34)16-22)47-31(41,42)43/h4,13-16,18-21H,2-3,5-12H2,1H3. The lowest BCUT2D eigenvalue weighted by Gasteiger charge is -2.38. The molecule has 0 aromatic heterocycles. The van der Waals surface area contributed by atoms with Crippen molar-refractivity contribution in [2.45, 2.75) is 108 Å². The molecule has 0 unspecified atom stereocenters. The van der Waals surface area contributed by atoms with Gasteiger partial charge in [0.2, 0.25) is 5.75 Å². The Bertz CT molecular complexity index is 1330. The minimum atomic E-state index is -5.44. The minimum absolute atomic E-state index is 0.0945. The van der Waals surface area contributed by atoms with Crippen LogP contribution in [0.2, 0.25) is 0 Å². The normalized spacial score (nSPS) is 23.1. The number of alkyl halides is 9. The summed E-state index contributed by atoms with van der Waals surface area (Å²) in [5.41, 5.74) is -0.407. The van der Waals surface area contributed by atoms with Gasteiger partial charge in [0, 0.05) is 12.1 Å². The molecular weight excluding hydrogens is 664 g/mol. The zero-order chi connectivity index (χ0) is 34.8. The summed E-state index contributed by atoms with van der Waals surface area (Å²) in [4.78, 5) is 0. The van der Waals surface area contributed by atoms with Gasteiger partial charge in [-0.1, -0.05) is 19.4 Å². The largest absolute Gasteiger partial charge is 0.573 e. The van der Waals surface area contributed by atoms with E-state index in [1.165, 1.54) is 6.07 Å². The molecule has 4 rings (SSSR count). The molecule has 0 N–H and O–H groups in total. The summed E-state index contributed by atoms with van der Waals surface area (Å²) in [7, 11) is 0. The molecule has 2 fully saturated rings. The van der Waals surface area contributed by atoms with E-state index in [1.807, 2.05) is 6.92 Å². The monoisotopic (exact) mass is 696 g/mol. The van der Waals surface area contributed by atoms with Crippen molar-refractivity contribution in [3.05, 3.63) is 58.9 Å². The van der Waals surface area contributed by atoms with Crippen molar-refractivity contribution in [3.63, 3.8) is 0 Å². The first-order valence-electron chi connectivity index (χ1n) is 15.0. The third kappa shape index (κ3) is 9.61. The van der Waals surface area contributed by atoms with E-state index in [9.17, 15) is 43.9 Å². The van der Waals surface area contributed by atoms with Gasteiger partial charge in [0.05, 0.1) is 29.6 Å². The predicted molar refractivity (Wildman–Crippen MR) is 142 cm³/mol. The third-order valence-electron chi connectivity index (χ3n) is 8.27. The second-order valence-electron chi connectivity index (χ2n) is 11.8. The van der Waals surface area contributed by atoms with Crippen molar-refractivity contribution < 1.29 is 71.6 Å². The number of ether oxygens (including phenoxy) is 4. The van der Waals surface area contributed by atoms with Gasteiger partial charge in [0.25, 0.3) is 0 Å². The summed E-state index contributed by atoms with van der Waals surface area (Å²) in [6.45, 7) is 1.85. The molecule has 2 saturated carbocycles. The van der Waals surface area contributed by atoms with Crippen molar-refractivity contribution in [2.75, 3.05) is 0 Å². The van der Waals surface area contributed by atoms with Crippen molar-refractivity contribution in [1.82, 2.24) is 0 Å². The van der Waals surface area contributed by atoms with Crippen molar-refractivity contribution in [2.24, 2.45) is 11.8 Å². The topological polar surface area (TPSA) is 36.9 Å². The number of hydrogen-bond donors (Lipinski definition) is 0. The SMILES string of the molecule is CCCc1ccc(C(F)(F)OC2CCC(C(F)(F)OC3CCC(C(F)(F)Oc4cc(F)c(OC(F)(F)F)c(F)c4)CC3)CC2)c(F)c1. The van der Waals surface area contributed by atoms with Crippen LogP contribution in [0.1, 0.15) is 75.8 Å². The van der Waals surface area contributed by atoms with Gasteiger partial charge in [-0.2, -0.15) is 26.3 Å². The van der Waals surface area contributed by atoms with Gasteiger partial charge in [-0.3, -0.25) is 0 Å². The Hall–Kier alpha value is -2.88. The van der Waals surface area contributed by atoms with Gasteiger partial charge in [-0.15, -0.1) is 13.2 Å². The van der Waals surface area contributed by atoms with Gasteiger partial charge in [0.15, 0.2) is 11.6 Å². The number of rotatable bonds is 12. The molecule has 0 saturated heterocycles. The highest BCUT2D eigenvalue weighted by atomic mass is 19.4. The number of hydrogen-bond acceptors (Lipinski definition) is 4. The van der Waals surface area contributed by atoms with E-state index in [0.717, 1.165) is 12.1 Å². The lowest BCUT2D eigenvalue weighted by Crippen LogP contribution is -2.43. The summed E-state index contributed by atoms with van der Waals surface area (Å²) >= 11 is 0. The molecule has 264 valence electrons. The highest BCUT2D eigenvalue weighted by molar-refractivity contribution is 5.35. The Labute approximate surface area is 262 Å². The number of aryl methyl sites for hydroxylation is 1. The zero-order valence-electron chi connectivity index (χ0n) is 24.9. The second-order valence-corrected chi connectivity index (χ2v) is 11.8. The van der Waals surface area contributed by atoms with Gasteiger partial charge in [-0.05, 0) is 75.5 Å². The van der Waals surface area contributed by atoms with Crippen LogP contribution in [0.3, 0.4) is 0 Å². The lowest BCUT2D eigenvalue weighted by molar-refractivity contribution is -0.314. The van der Waals surface area contributed by atoms with E-state index >= 15 is 8.78 Å². The van der Waals surface area contributed by atoms with E-state index < -0.39 is 96.1 Å². The molecule has 2 aliphatic carbocycles. The van der Waals surface area contributed by atoms with E-state index in [0.29, 0.717) is 18.4 Å². The van der Waals surface area contributed by atoms with E-state index in [2.05, 4.69) is 9.47 Å². The quantitative estimate of drug-likeness (QED) is 0.207. The molecule has 0 amide bonds. The molecule has 2 aliphatic rings. The zero-order valence-corrected chi connectivity index (χ0v) is 24.9. The summed E-state index contributed by atoms with van der Waals surface area (Å²) < 4.78 is 186. The molecule has 47 heavy (non-hydrogen) atoms. The maximum atomic E-state index is 15.0. The third-order valence-corrected chi connectivity index (χ3v) is 8.27. The van der Waals surface area contributed by atoms with Crippen LogP contribution in [-0.4, -0.2) is 30.8 Å². The first kappa shape index (κ1) is 36.9. The van der Waals surface area contributed by atoms with Crippen LogP contribution in [0, 0.1) is 29.3 Å². The molecule has 0 heterocycles. The van der Waals surface area contributed by atoms with Gasteiger partial charge < -0.3 is 18.9 Å². The fourth-order valence-corrected chi connectivity index (χ4v) is 5.91. The Morgan fingerprint density at radius 2 is 1.13 bits per heavy atom. The maximum Gasteiger partial charge on any atom is 0.573 e. The smallest absolute Gasteiger partial charge is 0.432 e. The molecule has 0 bridgehead atoms. The molecule has 2 aromatic carbocycles. The lowest BCUT2D eigenvalue weighted by atomic mass is 9.85. The van der Waals surface area contributed by atoms with Crippen LogP contribution in [0.5, 0.6) is 11.5 Å². The average Bonchev–Trinajstić information content (AvgIpc) is 2.94. The van der Waals surface area contributed by atoms with Gasteiger partial charge in [0.1, 0.15) is 11.6 Å². The molecule has 0 spiro atoms. The average molecular weight is 697 g/mol. The Balaban J connectivity index is 1.26. The van der Waals surface area contributed by atoms with E-state index in [1.54, 1.807) is 0 Å². The van der Waals surface area contributed by atoms with Crippen LogP contribution >= 0.6 is 0 Å². The summed E-state index contributed by atoms with van der Waals surface area (Å²) in [5, 5.41) is 0. The Kier molecular flexibility index (Phi) is 11.2. The molecular formula is C31H32F12O4. The van der Waals surface area contributed by atoms with E-state index in [-0.39, 0.29) is 50.7 Å². The summed E-state index contributed by atoms with van der Waals surface area (Å²) in [6, 6.07) is 3.51. The first-order valence-corrected chi connectivity index (χ1v) is 15.0. The van der Waals surface area contributed by atoms with Gasteiger partial charge in [-0.25, -0.2) is 13.2 Å². The molecule has 0 aliphatic heterocycles. The number of halogens is 12. The Morgan fingerprint density at radius 3 is 1.62 bits per heavy atom. The molecule has 2 aromatic rings. The number of benzene rings is 2. The van der Waals surface area contributed by atoms with Crippen molar-refractivity contribution in [1.29, 1.82) is 0 Å². The van der Waals surface area contributed by atoms with Crippen LogP contribution in [0.25, 0.3) is 0 Å². The summed E-state index contributed by atoms with van der Waals surface area (Å²) in [5.74, 6) is -11.0. The highest BCUT2D eigenvalue weighted by Crippen LogP contribution is 2.45. The van der Waals surface area contributed by atoms with Crippen molar-refractivity contribution in [3.8, 4) is 11.5 Å². The van der Waals surface area contributed by atoms with Crippen LogP contribution in [0.4, 0.5) is 52.7 Å². The molecule has 0 radical (unpaired) electrons. The maximum absolute atomic E-state index is 15.0. The van der Waals surface area contributed by atoms with E-state index in [4.69, 9.17) is 9.47 Å². The van der Waals surface area contributed by atoms with Crippen molar-refractivity contribution >= 4 is 0 Å². The second kappa shape index (κ2) is 14.3. The fraction of sp³-hybridized carbons (Fsp3) is 0.613. The van der Waals surface area contributed by atoms with Gasteiger partial charge >= 0.3 is 24.7 Å². The van der Waals surface area contributed by atoms with Crippen LogP contribution < -0.4 is 9.47 Å². The summed E-state index contributed by atoms with van der Waals surface area (Å²) in [6.07, 6.45) is -20.5. The highest BCUT2D eigenvalue weighted by Gasteiger charge is 2.49. The Morgan fingerprint density at radius 1 is 0.617 bits per heavy atom. The molecule has 0 atom stereocenters. The first-order chi connectivity index (χ1) is 21.8. The molecule has 4 nitrogen and oxygen atoms in total.